The first kappa shape index (κ1) is 41.4. The van der Waals surface area contributed by atoms with Gasteiger partial charge in [0.1, 0.15) is 34.5 Å². The monoisotopic (exact) mass is 930 g/mol. The van der Waals surface area contributed by atoms with E-state index in [2.05, 4.69) is 21.3 Å². The maximum atomic E-state index is 13.5. The SMILES string of the molecule is O=C1C=CC2C(=C1)Oc1cc(O)ccc1C21OC(=O)c2cc(NC(=S)NCCSSCCNC(=S)Nc3ccc4c(c3)C(=O)OC43c4ccc(O)cc4OC4=CC(=O)C=CC43)ccc21. The second kappa shape index (κ2) is 16.2. The van der Waals surface area contributed by atoms with E-state index in [4.69, 9.17) is 43.4 Å². The Morgan fingerprint density at radius 2 is 1.02 bits per heavy atom. The Morgan fingerprint density at radius 1 is 0.594 bits per heavy atom. The zero-order valence-corrected chi connectivity index (χ0v) is 36.4. The van der Waals surface area contributed by atoms with Crippen molar-refractivity contribution < 1.29 is 48.3 Å². The van der Waals surface area contributed by atoms with Gasteiger partial charge in [0, 0.05) is 82.5 Å². The summed E-state index contributed by atoms with van der Waals surface area (Å²) >= 11 is 11.1. The number of esters is 2. The fraction of sp³-hybridized carbons (Fsp3) is 0.174. The molecule has 4 aliphatic heterocycles. The van der Waals surface area contributed by atoms with E-state index in [0.717, 1.165) is 11.5 Å². The zero-order valence-electron chi connectivity index (χ0n) is 33.2. The van der Waals surface area contributed by atoms with Crippen molar-refractivity contribution in [2.24, 2.45) is 11.8 Å². The number of ether oxygens (including phenoxy) is 4. The average Bonchev–Trinajstić information content (AvgIpc) is 3.71. The lowest BCUT2D eigenvalue weighted by Crippen LogP contribution is -2.42. The van der Waals surface area contributed by atoms with Gasteiger partial charge in [0.05, 0.1) is 23.0 Å². The number of ketones is 2. The molecule has 10 rings (SSSR count). The van der Waals surface area contributed by atoms with Gasteiger partial charge in [-0.15, -0.1) is 0 Å². The number of thiocarbonyl (C=S) groups is 2. The van der Waals surface area contributed by atoms with Gasteiger partial charge in [-0.2, -0.15) is 0 Å². The fourth-order valence-corrected chi connectivity index (χ4v) is 11.1. The Balaban J connectivity index is 0.694. The highest BCUT2D eigenvalue weighted by Gasteiger charge is 2.59. The molecule has 4 heterocycles. The summed E-state index contributed by atoms with van der Waals surface area (Å²) in [5, 5.41) is 33.8. The predicted octanol–water partition coefficient (Wildman–Crippen LogP) is 6.64. The molecule has 18 heteroatoms. The molecule has 4 aromatic carbocycles. The molecule has 6 N–H and O–H groups in total. The van der Waals surface area contributed by atoms with Crippen LogP contribution in [0.1, 0.15) is 43.0 Å². The van der Waals surface area contributed by atoms with Crippen molar-refractivity contribution in [1.82, 2.24) is 10.6 Å². The van der Waals surface area contributed by atoms with Crippen LogP contribution in [0.15, 0.2) is 121 Å². The summed E-state index contributed by atoms with van der Waals surface area (Å²) in [6, 6.07) is 19.8. The van der Waals surface area contributed by atoms with Crippen molar-refractivity contribution in [3.63, 3.8) is 0 Å². The molecule has 4 unspecified atom stereocenters. The van der Waals surface area contributed by atoms with Crippen molar-refractivity contribution in [2.75, 3.05) is 35.2 Å². The topological polar surface area (TPSA) is 194 Å². The molecule has 0 bridgehead atoms. The first-order chi connectivity index (χ1) is 30.9. The molecule has 14 nitrogen and oxygen atoms in total. The summed E-state index contributed by atoms with van der Waals surface area (Å²) in [4.78, 5) is 51.4. The van der Waals surface area contributed by atoms with E-state index in [0.29, 0.717) is 91.1 Å². The number of phenolic OH excluding ortho intramolecular Hbond substituents is 2. The second-order valence-electron chi connectivity index (χ2n) is 15.3. The Hall–Kier alpha value is -6.60. The van der Waals surface area contributed by atoms with Crippen LogP contribution in [-0.4, -0.2) is 68.5 Å². The van der Waals surface area contributed by atoms with Crippen LogP contribution in [0.25, 0.3) is 0 Å². The number of phenols is 2. The van der Waals surface area contributed by atoms with Gasteiger partial charge in [-0.25, -0.2) is 9.59 Å². The Morgan fingerprint density at radius 3 is 1.45 bits per heavy atom. The molecule has 6 aliphatic rings. The summed E-state index contributed by atoms with van der Waals surface area (Å²) in [6.45, 7) is 1.16. The summed E-state index contributed by atoms with van der Waals surface area (Å²) in [5.41, 5.74) is 1.62. The Bertz CT molecular complexity index is 2700. The predicted molar refractivity (Wildman–Crippen MR) is 248 cm³/mol. The summed E-state index contributed by atoms with van der Waals surface area (Å²) in [6.07, 6.45) is 8.97. The van der Waals surface area contributed by atoms with Crippen molar-refractivity contribution in [2.45, 2.75) is 11.2 Å². The molecule has 0 amide bonds. The summed E-state index contributed by atoms with van der Waals surface area (Å²) in [5.74, 6) is -0.0676. The third-order valence-corrected chi connectivity index (χ3v) is 14.4. The lowest BCUT2D eigenvalue weighted by atomic mass is 9.71. The first-order valence-electron chi connectivity index (χ1n) is 19.9. The third-order valence-electron chi connectivity index (χ3n) is 11.5. The molecule has 0 saturated carbocycles. The van der Waals surface area contributed by atoms with E-state index in [9.17, 15) is 29.4 Å². The maximum Gasteiger partial charge on any atom is 0.339 e. The van der Waals surface area contributed by atoms with Crippen molar-refractivity contribution in [1.29, 1.82) is 0 Å². The molecule has 0 fully saturated rings. The van der Waals surface area contributed by atoms with Crippen LogP contribution in [0.4, 0.5) is 11.4 Å². The summed E-state index contributed by atoms with van der Waals surface area (Å²) in [7, 11) is 3.32. The standard InChI is InChI=1S/C46H34N4O10S4/c51-25-3-9-33-37(19-25)57-38-20-26(52)4-10-34(38)45(33)31-7-1-23(17-29(31)41(55)59-45)49-43(61)47-13-15-63-64-16-14-48-44(62)50-24-2-8-32-30(18-24)42(56)60-46(32)35-11-5-27(53)21-39(35)58-40-22-28(54)6-12-36(40)46/h1-12,17-22,33,35,52,54H,13-16H2,(H2,47,49,61)(H2,48,50,62). The normalized spacial score (nSPS) is 22.6. The third kappa shape index (κ3) is 7.06. The van der Waals surface area contributed by atoms with Gasteiger partial charge < -0.3 is 50.4 Å². The maximum absolute atomic E-state index is 13.5. The molecule has 0 saturated heterocycles. The number of nitrogens with one attached hydrogen (secondary N) is 4. The number of anilines is 2. The number of rotatable bonds is 9. The minimum Gasteiger partial charge on any atom is -0.508 e. The number of carbonyl (C=O) groups is 4. The van der Waals surface area contributed by atoms with Gasteiger partial charge in [0.15, 0.2) is 33.0 Å². The van der Waals surface area contributed by atoms with E-state index >= 15 is 0 Å². The fourth-order valence-electron chi connectivity index (χ4n) is 8.86. The Kier molecular flexibility index (Phi) is 10.5. The van der Waals surface area contributed by atoms with Gasteiger partial charge >= 0.3 is 11.9 Å². The minimum absolute atomic E-state index is 0.0264. The Labute approximate surface area is 383 Å². The minimum atomic E-state index is -1.29. The van der Waals surface area contributed by atoms with Crippen LogP contribution in [0.5, 0.6) is 23.0 Å². The van der Waals surface area contributed by atoms with Crippen LogP contribution in [-0.2, 0) is 30.3 Å². The quantitative estimate of drug-likeness (QED) is 0.0452. The largest absolute Gasteiger partial charge is 0.508 e. The number of fused-ring (bicyclic) bond motifs is 12. The molecule has 4 atom stereocenters. The molecule has 0 radical (unpaired) electrons. The molecular formula is C46H34N4O10S4. The van der Waals surface area contributed by atoms with Gasteiger partial charge in [-0.05, 0) is 85.1 Å². The molecular weight excluding hydrogens is 897 g/mol. The van der Waals surface area contributed by atoms with Crippen molar-refractivity contribution >= 4 is 91.1 Å². The molecule has 0 aromatic heterocycles. The lowest BCUT2D eigenvalue weighted by molar-refractivity contribution is -0.111. The van der Waals surface area contributed by atoms with Crippen LogP contribution in [0.2, 0.25) is 0 Å². The number of aromatic hydroxyl groups is 2. The number of allylic oxidation sites excluding steroid dienone is 4. The van der Waals surface area contributed by atoms with E-state index < -0.39 is 35.0 Å². The molecule has 2 aliphatic carbocycles. The van der Waals surface area contributed by atoms with Crippen LogP contribution >= 0.6 is 46.0 Å². The molecule has 2 spiro atoms. The van der Waals surface area contributed by atoms with E-state index in [1.165, 1.54) is 48.6 Å². The highest BCUT2D eigenvalue weighted by molar-refractivity contribution is 8.76. The number of carbonyl (C=O) groups excluding carboxylic acids is 4. The highest BCUT2D eigenvalue weighted by Crippen LogP contribution is 2.58. The van der Waals surface area contributed by atoms with Crippen LogP contribution in [0.3, 0.4) is 0 Å². The number of benzene rings is 4. The molecule has 4 aromatic rings. The van der Waals surface area contributed by atoms with Crippen LogP contribution in [0, 0.1) is 11.8 Å². The van der Waals surface area contributed by atoms with E-state index in [-0.39, 0.29) is 23.1 Å². The van der Waals surface area contributed by atoms with E-state index in [1.807, 2.05) is 12.1 Å². The van der Waals surface area contributed by atoms with Gasteiger partial charge in [0.2, 0.25) is 0 Å². The number of hydrogen-bond donors (Lipinski definition) is 6. The average molecular weight is 931 g/mol. The summed E-state index contributed by atoms with van der Waals surface area (Å²) < 4.78 is 24.4. The number of hydrogen-bond acceptors (Lipinski definition) is 14. The smallest absolute Gasteiger partial charge is 0.339 e. The van der Waals surface area contributed by atoms with Crippen molar-refractivity contribution in [3.8, 4) is 23.0 Å². The van der Waals surface area contributed by atoms with Gasteiger partial charge in [-0.1, -0.05) is 45.9 Å². The van der Waals surface area contributed by atoms with Gasteiger partial charge in [-0.3, -0.25) is 9.59 Å². The second-order valence-corrected chi connectivity index (χ2v) is 18.8. The zero-order chi connectivity index (χ0) is 44.3. The van der Waals surface area contributed by atoms with Crippen molar-refractivity contribution in [3.05, 3.63) is 154 Å². The highest BCUT2D eigenvalue weighted by atomic mass is 33.1. The van der Waals surface area contributed by atoms with E-state index in [1.54, 1.807) is 70.1 Å². The molecule has 322 valence electrons. The molecule has 64 heavy (non-hydrogen) atoms. The van der Waals surface area contributed by atoms with Crippen LogP contribution < -0.4 is 30.7 Å². The lowest BCUT2D eigenvalue weighted by Gasteiger charge is -2.42. The first-order valence-corrected chi connectivity index (χ1v) is 23.2. The van der Waals surface area contributed by atoms with Gasteiger partial charge in [0.25, 0.3) is 0 Å².